The predicted molar refractivity (Wildman–Crippen MR) is 68.0 cm³/mol. The number of aliphatic hydroxyl groups is 2. The molecule has 1 aromatic heterocycles. The molecule has 0 aromatic carbocycles. The van der Waals surface area contributed by atoms with Gasteiger partial charge in [-0.25, -0.2) is 4.98 Å². The monoisotopic (exact) mass is 288 g/mol. The van der Waals surface area contributed by atoms with Crippen LogP contribution in [0, 0.1) is 6.92 Å². The van der Waals surface area contributed by atoms with Crippen LogP contribution in [0.15, 0.2) is 16.0 Å². The van der Waals surface area contributed by atoms with Gasteiger partial charge >= 0.3 is 0 Å². The largest absolute Gasteiger partial charge is 0.387 e. The summed E-state index contributed by atoms with van der Waals surface area (Å²) in [7, 11) is 1.40. The fourth-order valence-electron chi connectivity index (χ4n) is 1.83. The van der Waals surface area contributed by atoms with Crippen LogP contribution in [-0.2, 0) is 9.47 Å². The lowest BCUT2D eigenvalue weighted by Gasteiger charge is -2.13. The highest BCUT2D eigenvalue weighted by molar-refractivity contribution is 7.99. The van der Waals surface area contributed by atoms with Gasteiger partial charge in [-0.15, -0.1) is 0 Å². The van der Waals surface area contributed by atoms with Gasteiger partial charge in [-0.1, -0.05) is 11.8 Å². The fraction of sp³-hybridized carbons (Fsp3) is 0.636. The van der Waals surface area contributed by atoms with Gasteiger partial charge in [-0.2, -0.15) is 0 Å². The Morgan fingerprint density at radius 1 is 1.53 bits per heavy atom. The van der Waals surface area contributed by atoms with Crippen molar-refractivity contribution in [1.29, 1.82) is 0 Å². The Labute approximate surface area is 114 Å². The van der Waals surface area contributed by atoms with Gasteiger partial charge in [0.2, 0.25) is 0 Å². The van der Waals surface area contributed by atoms with E-state index in [2.05, 4.69) is 9.97 Å². The van der Waals surface area contributed by atoms with Gasteiger partial charge in [0.15, 0.2) is 11.4 Å². The SMILES string of the molecule is COC1OC(CSc2nc(C)cc(=O)[nH]2)C(O)C1O. The van der Waals surface area contributed by atoms with Crippen molar-refractivity contribution in [1.82, 2.24) is 9.97 Å². The van der Waals surface area contributed by atoms with Gasteiger partial charge in [-0.3, -0.25) is 4.79 Å². The van der Waals surface area contributed by atoms with Crippen LogP contribution in [0.1, 0.15) is 5.69 Å². The quantitative estimate of drug-likeness (QED) is 0.495. The molecule has 4 atom stereocenters. The van der Waals surface area contributed by atoms with Gasteiger partial charge < -0.3 is 24.7 Å². The maximum atomic E-state index is 11.3. The number of aromatic amines is 1. The van der Waals surface area contributed by atoms with Crippen molar-refractivity contribution in [3.8, 4) is 0 Å². The second-order valence-corrected chi connectivity index (χ2v) is 5.27. The maximum absolute atomic E-state index is 11.3. The van der Waals surface area contributed by atoms with Crippen molar-refractivity contribution in [2.45, 2.75) is 36.7 Å². The van der Waals surface area contributed by atoms with Gasteiger partial charge in [0, 0.05) is 24.6 Å². The number of aromatic nitrogens is 2. The maximum Gasteiger partial charge on any atom is 0.251 e. The standard InChI is InChI=1S/C11H16N2O5S/c1-5-3-7(14)13-11(12-5)19-4-6-8(15)9(16)10(17-2)18-6/h3,6,8-10,15-16H,4H2,1-2H3,(H,12,13,14). The molecule has 0 aliphatic carbocycles. The highest BCUT2D eigenvalue weighted by Crippen LogP contribution is 2.26. The Morgan fingerprint density at radius 3 is 2.84 bits per heavy atom. The summed E-state index contributed by atoms with van der Waals surface area (Å²) < 4.78 is 10.3. The van der Waals surface area contributed by atoms with Gasteiger partial charge in [0.25, 0.3) is 5.56 Å². The normalized spacial score (nSPS) is 30.7. The first-order chi connectivity index (χ1) is 9.01. The Balaban J connectivity index is 1.97. The first kappa shape index (κ1) is 14.5. The Morgan fingerprint density at radius 2 is 2.26 bits per heavy atom. The summed E-state index contributed by atoms with van der Waals surface area (Å²) in [5.41, 5.74) is 0.395. The number of methoxy groups -OCH3 is 1. The molecule has 2 rings (SSSR count). The number of ether oxygens (including phenoxy) is 2. The second kappa shape index (κ2) is 6.02. The summed E-state index contributed by atoms with van der Waals surface area (Å²) in [6.07, 6.45) is -3.49. The predicted octanol–water partition coefficient (Wildman–Crippen LogP) is -0.736. The van der Waals surface area contributed by atoms with Crippen LogP contribution in [0.25, 0.3) is 0 Å². The van der Waals surface area contributed by atoms with E-state index in [1.54, 1.807) is 6.92 Å². The molecular formula is C11H16N2O5S. The van der Waals surface area contributed by atoms with Crippen LogP contribution in [0.5, 0.6) is 0 Å². The minimum absolute atomic E-state index is 0.224. The molecule has 1 fully saturated rings. The molecule has 4 unspecified atom stereocenters. The highest BCUT2D eigenvalue weighted by Gasteiger charge is 2.42. The molecule has 0 saturated carbocycles. The summed E-state index contributed by atoms with van der Waals surface area (Å²) in [5, 5.41) is 19.9. The number of aryl methyl sites for hydroxylation is 1. The summed E-state index contributed by atoms with van der Waals surface area (Å²) in [4.78, 5) is 18.0. The van der Waals surface area contributed by atoms with Crippen molar-refractivity contribution in [3.05, 3.63) is 22.1 Å². The average Bonchev–Trinajstić information content (AvgIpc) is 2.62. The molecule has 1 aromatic rings. The number of nitrogens with zero attached hydrogens (tertiary/aromatic N) is 1. The number of nitrogens with one attached hydrogen (secondary N) is 1. The number of rotatable bonds is 4. The zero-order valence-electron chi connectivity index (χ0n) is 10.6. The van der Waals surface area contributed by atoms with Gasteiger partial charge in [0.1, 0.15) is 12.2 Å². The summed E-state index contributed by atoms with van der Waals surface area (Å²) in [5.74, 6) is 0.352. The fourth-order valence-corrected chi connectivity index (χ4v) is 2.81. The minimum Gasteiger partial charge on any atom is -0.387 e. The second-order valence-electron chi connectivity index (χ2n) is 4.26. The lowest BCUT2D eigenvalue weighted by Crippen LogP contribution is -2.33. The molecule has 0 spiro atoms. The number of hydrogen-bond donors (Lipinski definition) is 3. The van der Waals surface area contributed by atoms with Crippen LogP contribution < -0.4 is 5.56 Å². The van der Waals surface area contributed by atoms with Crippen LogP contribution in [0.4, 0.5) is 0 Å². The molecule has 1 aliphatic rings. The van der Waals surface area contributed by atoms with Crippen molar-refractivity contribution >= 4 is 11.8 Å². The average molecular weight is 288 g/mol. The van der Waals surface area contributed by atoms with Gasteiger partial charge in [0.05, 0.1) is 6.10 Å². The number of aliphatic hydroxyl groups excluding tert-OH is 2. The molecule has 0 radical (unpaired) electrons. The van der Waals surface area contributed by atoms with Crippen LogP contribution >= 0.6 is 11.8 Å². The lowest BCUT2D eigenvalue weighted by atomic mass is 10.2. The van der Waals surface area contributed by atoms with Crippen LogP contribution in [-0.4, -0.2) is 57.6 Å². The van der Waals surface area contributed by atoms with E-state index in [1.807, 2.05) is 0 Å². The molecule has 8 heteroatoms. The van der Waals surface area contributed by atoms with Crippen molar-refractivity contribution in [2.24, 2.45) is 0 Å². The molecule has 1 aliphatic heterocycles. The summed E-state index contributed by atoms with van der Waals surface area (Å²) in [6.45, 7) is 1.73. The van der Waals surface area contributed by atoms with E-state index in [4.69, 9.17) is 9.47 Å². The van der Waals surface area contributed by atoms with E-state index in [1.165, 1.54) is 24.9 Å². The van der Waals surface area contributed by atoms with E-state index in [9.17, 15) is 15.0 Å². The van der Waals surface area contributed by atoms with E-state index >= 15 is 0 Å². The van der Waals surface area contributed by atoms with E-state index in [0.29, 0.717) is 16.6 Å². The highest BCUT2D eigenvalue weighted by atomic mass is 32.2. The van der Waals surface area contributed by atoms with Crippen molar-refractivity contribution < 1.29 is 19.7 Å². The molecule has 0 amide bonds. The third-order valence-electron chi connectivity index (χ3n) is 2.78. The third-order valence-corrected chi connectivity index (χ3v) is 3.75. The molecule has 1 saturated heterocycles. The zero-order valence-corrected chi connectivity index (χ0v) is 11.4. The molecule has 2 heterocycles. The van der Waals surface area contributed by atoms with E-state index < -0.39 is 24.6 Å². The van der Waals surface area contributed by atoms with Crippen LogP contribution in [0.2, 0.25) is 0 Å². The molecule has 3 N–H and O–H groups in total. The molecule has 7 nitrogen and oxygen atoms in total. The summed E-state index contributed by atoms with van der Waals surface area (Å²) >= 11 is 1.25. The first-order valence-electron chi connectivity index (χ1n) is 5.76. The first-order valence-corrected chi connectivity index (χ1v) is 6.75. The van der Waals surface area contributed by atoms with Crippen LogP contribution in [0.3, 0.4) is 0 Å². The van der Waals surface area contributed by atoms with E-state index in [0.717, 1.165) is 0 Å². The Kier molecular flexibility index (Phi) is 4.58. The Bertz CT molecular complexity index is 494. The number of hydrogen-bond acceptors (Lipinski definition) is 7. The molecule has 106 valence electrons. The molecular weight excluding hydrogens is 272 g/mol. The summed E-state index contributed by atoms with van der Waals surface area (Å²) in [6, 6.07) is 1.40. The zero-order chi connectivity index (χ0) is 14.0. The lowest BCUT2D eigenvalue weighted by molar-refractivity contribution is -0.145. The van der Waals surface area contributed by atoms with Crippen molar-refractivity contribution in [2.75, 3.05) is 12.9 Å². The van der Waals surface area contributed by atoms with Crippen molar-refractivity contribution in [3.63, 3.8) is 0 Å². The molecule has 19 heavy (non-hydrogen) atoms. The smallest absolute Gasteiger partial charge is 0.251 e. The van der Waals surface area contributed by atoms with Gasteiger partial charge in [-0.05, 0) is 6.92 Å². The number of thioether (sulfide) groups is 1. The topological polar surface area (TPSA) is 105 Å². The Hall–Kier alpha value is -0.930. The molecule has 0 bridgehead atoms. The number of H-pyrrole nitrogens is 1. The third kappa shape index (κ3) is 3.34. The minimum atomic E-state index is -1.07. The van der Waals surface area contributed by atoms with E-state index in [-0.39, 0.29) is 5.56 Å².